The molecule has 3 heteroatoms. The van der Waals surface area contributed by atoms with Gasteiger partial charge in [-0.3, -0.25) is 4.79 Å². The third-order valence-electron chi connectivity index (χ3n) is 3.40. The number of aliphatic carboxylic acids is 1. The molecule has 1 aliphatic carbocycles. The van der Waals surface area contributed by atoms with Crippen LogP contribution in [0.1, 0.15) is 29.5 Å². The van der Waals surface area contributed by atoms with Crippen molar-refractivity contribution >= 4 is 5.97 Å². The second kappa shape index (κ2) is 3.59. The molecule has 1 aromatic rings. The Labute approximate surface area is 94.7 Å². The highest BCUT2D eigenvalue weighted by Gasteiger charge is 2.47. The summed E-state index contributed by atoms with van der Waals surface area (Å²) >= 11 is 0. The van der Waals surface area contributed by atoms with E-state index in [4.69, 9.17) is 5.11 Å². The summed E-state index contributed by atoms with van der Waals surface area (Å²) < 4.78 is 0. The van der Waals surface area contributed by atoms with Crippen LogP contribution in [0.15, 0.2) is 18.2 Å². The van der Waals surface area contributed by atoms with Gasteiger partial charge >= 0.3 is 5.97 Å². The smallest absolute Gasteiger partial charge is 0.306 e. The molecule has 0 aromatic heterocycles. The fourth-order valence-corrected chi connectivity index (χ4v) is 2.49. The number of carboxylic acids is 1. The van der Waals surface area contributed by atoms with E-state index in [1.807, 2.05) is 32.0 Å². The average molecular weight is 220 g/mol. The van der Waals surface area contributed by atoms with Gasteiger partial charge in [0.15, 0.2) is 0 Å². The van der Waals surface area contributed by atoms with Gasteiger partial charge in [0.1, 0.15) is 0 Å². The zero-order chi connectivity index (χ0) is 11.9. The Kier molecular flexibility index (Phi) is 2.50. The second-order valence-corrected chi connectivity index (χ2v) is 4.79. The minimum absolute atomic E-state index is 0.326. The van der Waals surface area contributed by atoms with E-state index in [-0.39, 0.29) is 0 Å². The number of benzene rings is 1. The summed E-state index contributed by atoms with van der Waals surface area (Å²) in [6.45, 7) is 3.95. The first-order valence-electron chi connectivity index (χ1n) is 5.45. The van der Waals surface area contributed by atoms with Crippen molar-refractivity contribution < 1.29 is 15.0 Å². The summed E-state index contributed by atoms with van der Waals surface area (Å²) in [7, 11) is 0. The second-order valence-electron chi connectivity index (χ2n) is 4.79. The molecule has 2 rings (SSSR count). The Balaban J connectivity index is 2.23. The Hall–Kier alpha value is -1.35. The number of hydrogen-bond acceptors (Lipinski definition) is 2. The molecule has 86 valence electrons. The minimum atomic E-state index is -0.930. The van der Waals surface area contributed by atoms with Crippen molar-refractivity contribution in [2.45, 2.75) is 32.3 Å². The van der Waals surface area contributed by atoms with E-state index < -0.39 is 17.5 Å². The van der Waals surface area contributed by atoms with Crippen molar-refractivity contribution in [3.8, 4) is 0 Å². The van der Waals surface area contributed by atoms with Gasteiger partial charge in [-0.1, -0.05) is 23.8 Å². The SMILES string of the molecule is Cc1ccc(C2(O)CC(C(=O)O)C2)c(C)c1. The molecule has 0 amide bonds. The molecule has 1 aromatic carbocycles. The van der Waals surface area contributed by atoms with Crippen molar-refractivity contribution in [2.75, 3.05) is 0 Å². The quantitative estimate of drug-likeness (QED) is 0.801. The van der Waals surface area contributed by atoms with Crippen LogP contribution in [-0.4, -0.2) is 16.2 Å². The molecule has 3 nitrogen and oxygen atoms in total. The van der Waals surface area contributed by atoms with E-state index in [0.29, 0.717) is 12.8 Å². The molecule has 16 heavy (non-hydrogen) atoms. The van der Waals surface area contributed by atoms with Crippen LogP contribution in [0.5, 0.6) is 0 Å². The Morgan fingerprint density at radius 1 is 1.38 bits per heavy atom. The molecule has 1 fully saturated rings. The van der Waals surface area contributed by atoms with Crippen molar-refractivity contribution in [2.24, 2.45) is 5.92 Å². The molecule has 1 saturated carbocycles. The maximum atomic E-state index is 10.7. The number of aliphatic hydroxyl groups is 1. The Morgan fingerprint density at radius 2 is 2.00 bits per heavy atom. The van der Waals surface area contributed by atoms with Crippen LogP contribution in [0.3, 0.4) is 0 Å². The molecule has 0 atom stereocenters. The van der Waals surface area contributed by atoms with Gasteiger partial charge in [0.2, 0.25) is 0 Å². The molecular weight excluding hydrogens is 204 g/mol. The normalized spacial score (nSPS) is 28.6. The average Bonchev–Trinajstić information content (AvgIpc) is 2.12. The molecule has 0 spiro atoms. The Morgan fingerprint density at radius 3 is 2.50 bits per heavy atom. The van der Waals surface area contributed by atoms with Crippen LogP contribution < -0.4 is 0 Å². The molecule has 2 N–H and O–H groups in total. The molecule has 0 heterocycles. The summed E-state index contributed by atoms with van der Waals surface area (Å²) in [6.07, 6.45) is 0.651. The molecule has 0 saturated heterocycles. The fourth-order valence-electron chi connectivity index (χ4n) is 2.49. The molecular formula is C13H16O3. The topological polar surface area (TPSA) is 57.5 Å². The third-order valence-corrected chi connectivity index (χ3v) is 3.40. The van der Waals surface area contributed by atoms with Crippen LogP contribution in [0.4, 0.5) is 0 Å². The van der Waals surface area contributed by atoms with Gasteiger partial charge in [0.05, 0.1) is 11.5 Å². The number of rotatable bonds is 2. The highest BCUT2D eigenvalue weighted by molar-refractivity contribution is 5.72. The highest BCUT2D eigenvalue weighted by Crippen LogP contribution is 2.46. The number of hydrogen-bond donors (Lipinski definition) is 2. The van der Waals surface area contributed by atoms with E-state index in [9.17, 15) is 9.90 Å². The van der Waals surface area contributed by atoms with Gasteiger partial charge in [-0.25, -0.2) is 0 Å². The van der Waals surface area contributed by atoms with Gasteiger partial charge in [-0.2, -0.15) is 0 Å². The lowest BCUT2D eigenvalue weighted by Gasteiger charge is -2.42. The first-order chi connectivity index (χ1) is 7.42. The van der Waals surface area contributed by atoms with E-state index in [2.05, 4.69) is 0 Å². The predicted octanol–water partition coefficient (Wildman–Crippen LogP) is 1.99. The van der Waals surface area contributed by atoms with E-state index in [1.54, 1.807) is 0 Å². The maximum Gasteiger partial charge on any atom is 0.306 e. The zero-order valence-electron chi connectivity index (χ0n) is 9.53. The lowest BCUT2D eigenvalue weighted by Crippen LogP contribution is -2.44. The largest absolute Gasteiger partial charge is 0.481 e. The van der Waals surface area contributed by atoms with Crippen LogP contribution in [0, 0.1) is 19.8 Å². The highest BCUT2D eigenvalue weighted by atomic mass is 16.4. The fraction of sp³-hybridized carbons (Fsp3) is 0.462. The van der Waals surface area contributed by atoms with Gasteiger partial charge in [0, 0.05) is 0 Å². The number of aryl methyl sites for hydroxylation is 2. The molecule has 1 aliphatic rings. The standard InChI is InChI=1S/C13H16O3/c1-8-3-4-11(9(2)5-8)13(16)6-10(7-13)12(14)15/h3-5,10,16H,6-7H2,1-2H3,(H,14,15). The first-order valence-corrected chi connectivity index (χ1v) is 5.45. The summed E-state index contributed by atoms with van der Waals surface area (Å²) in [5.74, 6) is -1.21. The molecule has 0 aliphatic heterocycles. The van der Waals surface area contributed by atoms with Crippen LogP contribution in [0.25, 0.3) is 0 Å². The molecule has 0 unspecified atom stereocenters. The van der Waals surface area contributed by atoms with Crippen LogP contribution >= 0.6 is 0 Å². The lowest BCUT2D eigenvalue weighted by molar-refractivity contribution is -0.159. The third kappa shape index (κ3) is 1.71. The maximum absolute atomic E-state index is 10.7. The summed E-state index contributed by atoms with van der Waals surface area (Å²) in [5.41, 5.74) is 2.13. The van der Waals surface area contributed by atoms with Crippen molar-refractivity contribution in [3.05, 3.63) is 34.9 Å². The van der Waals surface area contributed by atoms with Crippen LogP contribution in [-0.2, 0) is 10.4 Å². The predicted molar refractivity (Wildman–Crippen MR) is 60.2 cm³/mol. The lowest BCUT2D eigenvalue weighted by atomic mass is 9.66. The minimum Gasteiger partial charge on any atom is -0.481 e. The van der Waals surface area contributed by atoms with Gasteiger partial charge < -0.3 is 10.2 Å². The summed E-state index contributed by atoms with van der Waals surface area (Å²) in [4.78, 5) is 10.7. The van der Waals surface area contributed by atoms with Gasteiger partial charge in [0.25, 0.3) is 0 Å². The van der Waals surface area contributed by atoms with Crippen LogP contribution in [0.2, 0.25) is 0 Å². The van der Waals surface area contributed by atoms with Crippen molar-refractivity contribution in [1.82, 2.24) is 0 Å². The molecule has 0 radical (unpaired) electrons. The van der Waals surface area contributed by atoms with Gasteiger partial charge in [-0.15, -0.1) is 0 Å². The number of carboxylic acid groups (broad SMARTS) is 1. The van der Waals surface area contributed by atoms with E-state index in [1.165, 1.54) is 0 Å². The van der Waals surface area contributed by atoms with E-state index in [0.717, 1.165) is 16.7 Å². The zero-order valence-corrected chi connectivity index (χ0v) is 9.53. The van der Waals surface area contributed by atoms with E-state index >= 15 is 0 Å². The number of carbonyl (C=O) groups is 1. The first kappa shape index (κ1) is 11.1. The van der Waals surface area contributed by atoms with Crippen molar-refractivity contribution in [3.63, 3.8) is 0 Å². The summed E-state index contributed by atoms with van der Waals surface area (Å²) in [6, 6.07) is 5.87. The summed E-state index contributed by atoms with van der Waals surface area (Å²) in [5, 5.41) is 19.1. The van der Waals surface area contributed by atoms with Crippen molar-refractivity contribution in [1.29, 1.82) is 0 Å². The Bertz CT molecular complexity index is 431. The monoisotopic (exact) mass is 220 g/mol. The molecule has 0 bridgehead atoms. The van der Waals surface area contributed by atoms with Gasteiger partial charge in [-0.05, 0) is 37.8 Å².